The molecule has 6 nitrogen and oxygen atoms in total. The fraction of sp³-hybridized carbons (Fsp3) is 0.766. The van der Waals surface area contributed by atoms with Crippen molar-refractivity contribution in [1.82, 2.24) is 0 Å². The molecule has 0 aromatic heterocycles. The summed E-state index contributed by atoms with van der Waals surface area (Å²) in [7, 11) is 0. The number of esters is 3. The standard InChI is InChI=1S/C64H112O6/c1-4-7-10-13-16-19-22-24-25-26-27-28-29-30-31-32-33-34-35-36-37-38-39-40-43-45-48-51-54-57-63(66)69-60-61(59-68-62(65)56-53-50-47-44-41-21-18-15-12-9-6-3)70-64(67)58-55-52-49-46-42-23-20-17-14-11-8-5-2/h7,10,15-16,18-19,24-25,27-28,30-31,61H,4-6,8-9,11-14,17,20-23,26,29,32-60H2,1-3H3/b10-7-,18-15-,19-16-,25-24-,28-27-,31-30-. The van der Waals surface area contributed by atoms with Crippen molar-refractivity contribution in [2.24, 2.45) is 0 Å². The minimum atomic E-state index is -0.775. The van der Waals surface area contributed by atoms with Crippen LogP contribution in [0.3, 0.4) is 0 Å². The monoisotopic (exact) mass is 977 g/mol. The highest BCUT2D eigenvalue weighted by atomic mass is 16.6. The summed E-state index contributed by atoms with van der Waals surface area (Å²) in [6, 6.07) is 0. The Labute approximate surface area is 433 Å². The molecule has 0 rings (SSSR count). The maximum Gasteiger partial charge on any atom is 0.306 e. The number of rotatable bonds is 54. The number of unbranched alkanes of at least 4 members (excludes halogenated alkanes) is 31. The van der Waals surface area contributed by atoms with Gasteiger partial charge in [0.2, 0.25) is 0 Å². The summed E-state index contributed by atoms with van der Waals surface area (Å²) >= 11 is 0. The molecule has 0 heterocycles. The van der Waals surface area contributed by atoms with Gasteiger partial charge in [0.1, 0.15) is 13.2 Å². The van der Waals surface area contributed by atoms with Crippen molar-refractivity contribution in [3.63, 3.8) is 0 Å². The average Bonchev–Trinajstić information content (AvgIpc) is 3.36. The number of hydrogen-bond acceptors (Lipinski definition) is 6. The van der Waals surface area contributed by atoms with Gasteiger partial charge in [-0.05, 0) is 83.5 Å². The molecule has 0 amide bonds. The molecule has 404 valence electrons. The summed E-state index contributed by atoms with van der Waals surface area (Å²) in [6.07, 6.45) is 74.8. The Hall–Kier alpha value is -3.15. The summed E-state index contributed by atoms with van der Waals surface area (Å²) in [5, 5.41) is 0. The summed E-state index contributed by atoms with van der Waals surface area (Å²) in [5.41, 5.74) is 0. The maximum absolute atomic E-state index is 12.8. The average molecular weight is 978 g/mol. The van der Waals surface area contributed by atoms with Crippen molar-refractivity contribution in [3.05, 3.63) is 72.9 Å². The van der Waals surface area contributed by atoms with Gasteiger partial charge in [-0.25, -0.2) is 0 Å². The fourth-order valence-electron chi connectivity index (χ4n) is 8.45. The minimum Gasteiger partial charge on any atom is -0.462 e. The molecule has 6 heteroatoms. The molecule has 0 aliphatic heterocycles. The van der Waals surface area contributed by atoms with E-state index in [0.29, 0.717) is 19.3 Å². The third-order valence-electron chi connectivity index (χ3n) is 12.9. The number of hydrogen-bond donors (Lipinski definition) is 0. The van der Waals surface area contributed by atoms with Crippen molar-refractivity contribution < 1.29 is 28.6 Å². The lowest BCUT2D eigenvalue weighted by molar-refractivity contribution is -0.167. The van der Waals surface area contributed by atoms with E-state index in [0.717, 1.165) is 96.3 Å². The Kier molecular flexibility index (Phi) is 55.8. The number of carbonyl (C=O) groups is 3. The minimum absolute atomic E-state index is 0.0751. The second-order valence-corrected chi connectivity index (χ2v) is 19.9. The smallest absolute Gasteiger partial charge is 0.306 e. The van der Waals surface area contributed by atoms with E-state index < -0.39 is 6.10 Å². The normalized spacial score (nSPS) is 12.6. The van der Waals surface area contributed by atoms with Crippen LogP contribution >= 0.6 is 0 Å². The van der Waals surface area contributed by atoms with Gasteiger partial charge in [-0.3, -0.25) is 14.4 Å². The Morgan fingerprint density at radius 3 is 0.929 bits per heavy atom. The molecule has 1 unspecified atom stereocenters. The predicted octanol–water partition coefficient (Wildman–Crippen LogP) is 20.2. The first-order valence-corrected chi connectivity index (χ1v) is 29.9. The van der Waals surface area contributed by atoms with E-state index >= 15 is 0 Å². The van der Waals surface area contributed by atoms with Gasteiger partial charge in [-0.2, -0.15) is 0 Å². The third kappa shape index (κ3) is 55.8. The van der Waals surface area contributed by atoms with Crippen molar-refractivity contribution in [2.45, 2.75) is 303 Å². The molecule has 0 spiro atoms. The van der Waals surface area contributed by atoms with Gasteiger partial charge >= 0.3 is 17.9 Å². The lowest BCUT2D eigenvalue weighted by atomic mass is 10.0. The zero-order valence-corrected chi connectivity index (χ0v) is 46.3. The number of ether oxygens (including phenoxy) is 3. The Morgan fingerprint density at radius 2 is 0.571 bits per heavy atom. The quantitative estimate of drug-likeness (QED) is 0.0261. The van der Waals surface area contributed by atoms with E-state index in [2.05, 4.69) is 93.7 Å². The molecule has 0 aliphatic carbocycles. The molecule has 70 heavy (non-hydrogen) atoms. The number of carbonyl (C=O) groups excluding carboxylic acids is 3. The van der Waals surface area contributed by atoms with Gasteiger partial charge in [0.25, 0.3) is 0 Å². The van der Waals surface area contributed by atoms with Crippen LogP contribution in [0.1, 0.15) is 297 Å². The SMILES string of the molecule is CC/C=C\C/C=C\C/C=C\C/C=C\C/C=C\CCCCCCCCCCCCCCCC(=O)OCC(COC(=O)CCCCCCC/C=C\CCCC)OC(=O)CCCCCCCCCCCCCC. The summed E-state index contributed by atoms with van der Waals surface area (Å²) in [4.78, 5) is 38.1. The largest absolute Gasteiger partial charge is 0.462 e. The molecule has 0 fully saturated rings. The van der Waals surface area contributed by atoms with Gasteiger partial charge in [-0.15, -0.1) is 0 Å². The van der Waals surface area contributed by atoms with E-state index in [-0.39, 0.29) is 31.1 Å². The van der Waals surface area contributed by atoms with Crippen LogP contribution in [0.15, 0.2) is 72.9 Å². The van der Waals surface area contributed by atoms with E-state index in [9.17, 15) is 14.4 Å². The molecular formula is C64H112O6. The Balaban J connectivity index is 4.15. The maximum atomic E-state index is 12.8. The van der Waals surface area contributed by atoms with Gasteiger partial charge < -0.3 is 14.2 Å². The lowest BCUT2D eigenvalue weighted by Gasteiger charge is -2.18. The van der Waals surface area contributed by atoms with Crippen LogP contribution in [0.4, 0.5) is 0 Å². The van der Waals surface area contributed by atoms with Crippen LogP contribution in [-0.2, 0) is 28.6 Å². The van der Waals surface area contributed by atoms with Crippen LogP contribution in [0.5, 0.6) is 0 Å². The molecule has 0 aliphatic rings. The van der Waals surface area contributed by atoms with E-state index in [4.69, 9.17) is 14.2 Å². The molecule has 0 N–H and O–H groups in total. The van der Waals surface area contributed by atoms with E-state index in [1.165, 1.54) is 161 Å². The zero-order chi connectivity index (χ0) is 50.7. The Bertz CT molecular complexity index is 1310. The van der Waals surface area contributed by atoms with Crippen molar-refractivity contribution in [3.8, 4) is 0 Å². The summed E-state index contributed by atoms with van der Waals surface area (Å²) in [6.45, 7) is 6.50. The Morgan fingerprint density at radius 1 is 0.300 bits per heavy atom. The van der Waals surface area contributed by atoms with Gasteiger partial charge in [0.15, 0.2) is 6.10 Å². The van der Waals surface area contributed by atoms with Gasteiger partial charge in [0, 0.05) is 19.3 Å². The molecular weight excluding hydrogens is 865 g/mol. The van der Waals surface area contributed by atoms with Crippen LogP contribution in [0.25, 0.3) is 0 Å². The molecule has 0 saturated heterocycles. The van der Waals surface area contributed by atoms with E-state index in [1.807, 2.05) is 0 Å². The molecule has 1 atom stereocenters. The molecule has 0 saturated carbocycles. The summed E-state index contributed by atoms with van der Waals surface area (Å²) < 4.78 is 16.8. The van der Waals surface area contributed by atoms with Gasteiger partial charge in [0.05, 0.1) is 0 Å². The molecule has 0 radical (unpaired) electrons. The van der Waals surface area contributed by atoms with Crippen molar-refractivity contribution in [1.29, 1.82) is 0 Å². The zero-order valence-electron chi connectivity index (χ0n) is 46.3. The van der Waals surface area contributed by atoms with Crippen molar-refractivity contribution >= 4 is 17.9 Å². The highest BCUT2D eigenvalue weighted by Gasteiger charge is 2.19. The topological polar surface area (TPSA) is 78.9 Å². The first kappa shape index (κ1) is 66.9. The first-order valence-electron chi connectivity index (χ1n) is 29.9. The third-order valence-corrected chi connectivity index (χ3v) is 12.9. The molecule has 0 aromatic rings. The summed E-state index contributed by atoms with van der Waals surface area (Å²) in [5.74, 6) is -0.876. The highest BCUT2D eigenvalue weighted by Crippen LogP contribution is 2.16. The van der Waals surface area contributed by atoms with Gasteiger partial charge in [-0.1, -0.05) is 267 Å². The molecule has 0 bridgehead atoms. The second kappa shape index (κ2) is 58.4. The van der Waals surface area contributed by atoms with Crippen LogP contribution in [0.2, 0.25) is 0 Å². The van der Waals surface area contributed by atoms with Crippen LogP contribution in [0, 0.1) is 0 Å². The number of allylic oxidation sites excluding steroid dienone is 12. The first-order chi connectivity index (χ1) is 34.5. The van der Waals surface area contributed by atoms with Crippen LogP contribution in [-0.4, -0.2) is 37.2 Å². The fourth-order valence-corrected chi connectivity index (χ4v) is 8.45. The predicted molar refractivity (Wildman–Crippen MR) is 302 cm³/mol. The molecule has 0 aromatic carbocycles. The van der Waals surface area contributed by atoms with Crippen molar-refractivity contribution in [2.75, 3.05) is 13.2 Å². The second-order valence-electron chi connectivity index (χ2n) is 19.9. The van der Waals surface area contributed by atoms with Crippen LogP contribution < -0.4 is 0 Å². The lowest BCUT2D eigenvalue weighted by Crippen LogP contribution is -2.30. The highest BCUT2D eigenvalue weighted by molar-refractivity contribution is 5.71. The van der Waals surface area contributed by atoms with E-state index in [1.54, 1.807) is 0 Å².